The standard InChI is InChI=1S/C27H54O/c1-6-8-10-12-14-16-20-25-21-17-19-23-27(25,28-24-26(3,4)5)22-18-15-13-11-9-7-2/h25H,6-24H2,1-5H3. The first kappa shape index (κ1) is 26.0. The third-order valence-corrected chi connectivity index (χ3v) is 6.80. The third-order valence-electron chi connectivity index (χ3n) is 6.80. The fourth-order valence-electron chi connectivity index (χ4n) is 5.02. The monoisotopic (exact) mass is 394 g/mol. The van der Waals surface area contributed by atoms with Gasteiger partial charge in [0.25, 0.3) is 0 Å². The number of hydrogen-bond donors (Lipinski definition) is 0. The SMILES string of the molecule is CCCCCCCCC1CCCCC1(CCCCCCCC)OCC(C)(C)C. The van der Waals surface area contributed by atoms with Crippen molar-refractivity contribution < 1.29 is 4.74 Å². The summed E-state index contributed by atoms with van der Waals surface area (Å²) in [4.78, 5) is 0. The molecule has 0 aromatic rings. The van der Waals surface area contributed by atoms with Crippen LogP contribution >= 0.6 is 0 Å². The van der Waals surface area contributed by atoms with Crippen molar-refractivity contribution in [1.82, 2.24) is 0 Å². The van der Waals surface area contributed by atoms with Gasteiger partial charge in [-0.1, -0.05) is 125 Å². The van der Waals surface area contributed by atoms with E-state index < -0.39 is 0 Å². The maximum absolute atomic E-state index is 6.87. The minimum absolute atomic E-state index is 0.194. The van der Waals surface area contributed by atoms with Gasteiger partial charge in [-0.2, -0.15) is 0 Å². The lowest BCUT2D eigenvalue weighted by Gasteiger charge is -2.46. The predicted octanol–water partition coefficient (Wildman–Crippen LogP) is 9.48. The normalized spacial score (nSPS) is 23.2. The lowest BCUT2D eigenvalue weighted by Crippen LogP contribution is -2.45. The maximum Gasteiger partial charge on any atom is 0.0710 e. The fraction of sp³-hybridized carbons (Fsp3) is 1.00. The van der Waals surface area contributed by atoms with Crippen LogP contribution in [0, 0.1) is 11.3 Å². The van der Waals surface area contributed by atoms with Gasteiger partial charge < -0.3 is 4.74 Å². The average molecular weight is 395 g/mol. The van der Waals surface area contributed by atoms with Gasteiger partial charge in [-0.25, -0.2) is 0 Å². The largest absolute Gasteiger partial charge is 0.374 e. The summed E-state index contributed by atoms with van der Waals surface area (Å²) in [6.45, 7) is 12.5. The molecular formula is C27H54O. The number of ether oxygens (including phenoxy) is 1. The van der Waals surface area contributed by atoms with Crippen LogP contribution in [-0.4, -0.2) is 12.2 Å². The molecule has 1 nitrogen and oxygen atoms in total. The molecule has 1 aliphatic rings. The summed E-state index contributed by atoms with van der Waals surface area (Å²) in [5, 5.41) is 0. The first-order valence-electron chi connectivity index (χ1n) is 13.1. The lowest BCUT2D eigenvalue weighted by molar-refractivity contribution is -0.136. The van der Waals surface area contributed by atoms with Crippen molar-refractivity contribution in [2.24, 2.45) is 11.3 Å². The molecule has 1 heteroatoms. The molecular weight excluding hydrogens is 340 g/mol. The third kappa shape index (κ3) is 11.2. The molecule has 0 saturated heterocycles. The molecule has 0 spiro atoms. The van der Waals surface area contributed by atoms with Crippen LogP contribution in [0.3, 0.4) is 0 Å². The Kier molecular flexibility index (Phi) is 13.8. The van der Waals surface area contributed by atoms with Crippen molar-refractivity contribution >= 4 is 0 Å². The summed E-state index contributed by atoms with van der Waals surface area (Å²) in [5.74, 6) is 0.811. The zero-order valence-corrected chi connectivity index (χ0v) is 20.4. The molecule has 28 heavy (non-hydrogen) atoms. The molecule has 168 valence electrons. The molecule has 0 aliphatic heterocycles. The molecule has 0 aromatic carbocycles. The van der Waals surface area contributed by atoms with Crippen LogP contribution in [0.25, 0.3) is 0 Å². The van der Waals surface area contributed by atoms with Crippen LogP contribution in [-0.2, 0) is 4.74 Å². The van der Waals surface area contributed by atoms with Crippen LogP contribution in [0.2, 0.25) is 0 Å². The number of unbranched alkanes of at least 4 members (excludes halogenated alkanes) is 10. The van der Waals surface area contributed by atoms with Gasteiger partial charge in [0.1, 0.15) is 0 Å². The van der Waals surface area contributed by atoms with E-state index in [1.54, 1.807) is 0 Å². The van der Waals surface area contributed by atoms with Gasteiger partial charge in [-0.15, -0.1) is 0 Å². The highest BCUT2D eigenvalue weighted by atomic mass is 16.5. The molecule has 2 unspecified atom stereocenters. The zero-order chi connectivity index (χ0) is 20.7. The fourth-order valence-corrected chi connectivity index (χ4v) is 5.02. The lowest BCUT2D eigenvalue weighted by atomic mass is 9.70. The Bertz CT molecular complexity index is 356. The van der Waals surface area contributed by atoms with Gasteiger partial charge in [0.15, 0.2) is 0 Å². The van der Waals surface area contributed by atoms with Crippen molar-refractivity contribution in [2.45, 2.75) is 156 Å². The van der Waals surface area contributed by atoms with Gasteiger partial charge in [0, 0.05) is 0 Å². The van der Waals surface area contributed by atoms with E-state index >= 15 is 0 Å². The van der Waals surface area contributed by atoms with Crippen molar-refractivity contribution in [1.29, 1.82) is 0 Å². The topological polar surface area (TPSA) is 9.23 Å². The smallest absolute Gasteiger partial charge is 0.0710 e. The van der Waals surface area contributed by atoms with E-state index in [9.17, 15) is 0 Å². The highest BCUT2D eigenvalue weighted by Crippen LogP contribution is 2.44. The van der Waals surface area contributed by atoms with Crippen LogP contribution in [0.4, 0.5) is 0 Å². The van der Waals surface area contributed by atoms with Gasteiger partial charge in [0.05, 0.1) is 12.2 Å². The van der Waals surface area contributed by atoms with Gasteiger partial charge in [0.2, 0.25) is 0 Å². The summed E-state index contributed by atoms with van der Waals surface area (Å²) >= 11 is 0. The second-order valence-corrected chi connectivity index (χ2v) is 10.9. The second-order valence-electron chi connectivity index (χ2n) is 10.9. The minimum atomic E-state index is 0.194. The number of hydrogen-bond acceptors (Lipinski definition) is 1. The Labute approximate surface area is 178 Å². The highest BCUT2D eigenvalue weighted by Gasteiger charge is 2.41. The molecule has 0 N–H and O–H groups in total. The molecule has 0 bridgehead atoms. The van der Waals surface area contributed by atoms with Crippen molar-refractivity contribution in [3.8, 4) is 0 Å². The van der Waals surface area contributed by atoms with Gasteiger partial charge in [-0.05, 0) is 37.0 Å². The zero-order valence-electron chi connectivity index (χ0n) is 20.4. The van der Waals surface area contributed by atoms with E-state index in [0.29, 0.717) is 0 Å². The molecule has 1 fully saturated rings. The maximum atomic E-state index is 6.87. The second kappa shape index (κ2) is 14.9. The van der Waals surface area contributed by atoms with E-state index in [-0.39, 0.29) is 11.0 Å². The molecule has 1 aliphatic carbocycles. The van der Waals surface area contributed by atoms with Crippen LogP contribution in [0.5, 0.6) is 0 Å². The quantitative estimate of drug-likeness (QED) is 0.237. The molecule has 2 atom stereocenters. The van der Waals surface area contributed by atoms with Gasteiger partial charge in [-0.3, -0.25) is 0 Å². The molecule has 1 rings (SSSR count). The van der Waals surface area contributed by atoms with Gasteiger partial charge >= 0.3 is 0 Å². The first-order valence-corrected chi connectivity index (χ1v) is 13.1. The van der Waals surface area contributed by atoms with E-state index in [1.165, 1.54) is 116 Å². The van der Waals surface area contributed by atoms with E-state index in [1.807, 2.05) is 0 Å². The molecule has 0 aromatic heterocycles. The summed E-state index contributed by atoms with van der Waals surface area (Å²) in [7, 11) is 0. The highest BCUT2D eigenvalue weighted by molar-refractivity contribution is 4.92. The van der Waals surface area contributed by atoms with Crippen molar-refractivity contribution in [3.05, 3.63) is 0 Å². The predicted molar refractivity (Wildman–Crippen MR) is 126 cm³/mol. The van der Waals surface area contributed by atoms with Crippen LogP contribution in [0.15, 0.2) is 0 Å². The van der Waals surface area contributed by atoms with E-state index in [4.69, 9.17) is 4.74 Å². The van der Waals surface area contributed by atoms with E-state index in [0.717, 1.165) is 12.5 Å². The molecule has 0 amide bonds. The molecule has 1 saturated carbocycles. The summed E-state index contributed by atoms with van der Waals surface area (Å²) in [6, 6.07) is 0. The van der Waals surface area contributed by atoms with Crippen LogP contribution < -0.4 is 0 Å². The first-order chi connectivity index (χ1) is 13.4. The molecule has 0 heterocycles. The average Bonchev–Trinajstić information content (AvgIpc) is 2.66. The van der Waals surface area contributed by atoms with Crippen molar-refractivity contribution in [3.63, 3.8) is 0 Å². The summed E-state index contributed by atoms with van der Waals surface area (Å²) in [6.07, 6.45) is 25.1. The number of rotatable bonds is 16. The Balaban J connectivity index is 2.57. The van der Waals surface area contributed by atoms with Crippen molar-refractivity contribution in [2.75, 3.05) is 6.61 Å². The Morgan fingerprint density at radius 1 is 0.750 bits per heavy atom. The Morgan fingerprint density at radius 3 is 1.93 bits per heavy atom. The molecule has 0 radical (unpaired) electrons. The minimum Gasteiger partial charge on any atom is -0.374 e. The summed E-state index contributed by atoms with van der Waals surface area (Å²) in [5.41, 5.74) is 0.468. The van der Waals surface area contributed by atoms with Crippen LogP contribution in [0.1, 0.15) is 150 Å². The Hall–Kier alpha value is -0.0400. The Morgan fingerprint density at radius 2 is 1.32 bits per heavy atom. The summed E-state index contributed by atoms with van der Waals surface area (Å²) < 4.78 is 6.87. The van der Waals surface area contributed by atoms with E-state index in [2.05, 4.69) is 34.6 Å².